The van der Waals surface area contributed by atoms with Crippen LogP contribution in [0.25, 0.3) is 0 Å². The summed E-state index contributed by atoms with van der Waals surface area (Å²) in [7, 11) is 0. The van der Waals surface area contributed by atoms with Crippen molar-refractivity contribution in [1.29, 1.82) is 0 Å². The highest BCUT2D eigenvalue weighted by atomic mass is 19.1. The molecule has 2 N–H and O–H groups in total. The number of alkyl halides is 1. The molecule has 1 fully saturated rings. The topological polar surface area (TPSA) is 29.3 Å². The first-order chi connectivity index (χ1) is 6.37. The van der Waals surface area contributed by atoms with Crippen LogP contribution in [-0.2, 0) is 0 Å². The molecule has 1 atom stereocenters. The van der Waals surface area contributed by atoms with Gasteiger partial charge in [0, 0.05) is 17.6 Å². The van der Waals surface area contributed by atoms with Crippen LogP contribution in [0.15, 0.2) is 0 Å². The Bertz CT molecular complexity index is 188. The van der Waals surface area contributed by atoms with Crippen LogP contribution in [0.2, 0.25) is 0 Å². The predicted octanol–water partition coefficient (Wildman–Crippen LogP) is 1.94. The van der Waals surface area contributed by atoms with Gasteiger partial charge in [-0.25, -0.2) is 4.39 Å². The van der Waals surface area contributed by atoms with Crippen molar-refractivity contribution in [3.8, 4) is 0 Å². The molecule has 0 aromatic carbocycles. The molecule has 0 spiro atoms. The molecule has 1 rings (SSSR count). The van der Waals surface area contributed by atoms with Crippen molar-refractivity contribution in [2.75, 3.05) is 19.8 Å². The molecule has 1 aliphatic heterocycles. The van der Waals surface area contributed by atoms with E-state index in [0.717, 1.165) is 32.4 Å². The minimum atomic E-state index is -0.556. The Labute approximate surface area is 86.6 Å². The van der Waals surface area contributed by atoms with Crippen molar-refractivity contribution in [2.24, 2.45) is 5.73 Å². The number of nitrogens with two attached hydrogens (primary N) is 1. The molecule has 0 saturated carbocycles. The van der Waals surface area contributed by atoms with Crippen LogP contribution >= 0.6 is 0 Å². The van der Waals surface area contributed by atoms with E-state index >= 15 is 0 Å². The quantitative estimate of drug-likeness (QED) is 0.704. The van der Waals surface area contributed by atoms with Gasteiger partial charge in [0.25, 0.3) is 0 Å². The first kappa shape index (κ1) is 11.9. The van der Waals surface area contributed by atoms with Crippen LogP contribution in [0.3, 0.4) is 0 Å². The van der Waals surface area contributed by atoms with Crippen LogP contribution in [0, 0.1) is 0 Å². The SMILES string of the molecule is CC(C)(C)N1CCCC(N)(CF)CC1. The molecule has 0 bridgehead atoms. The zero-order chi connectivity index (χ0) is 10.8. The summed E-state index contributed by atoms with van der Waals surface area (Å²) in [6, 6.07) is 0. The fraction of sp³-hybridized carbons (Fsp3) is 1.00. The molecule has 0 amide bonds. The van der Waals surface area contributed by atoms with Crippen molar-refractivity contribution in [2.45, 2.75) is 51.1 Å². The fourth-order valence-corrected chi connectivity index (χ4v) is 2.02. The summed E-state index contributed by atoms with van der Waals surface area (Å²) in [4.78, 5) is 2.40. The van der Waals surface area contributed by atoms with Gasteiger partial charge < -0.3 is 5.73 Å². The smallest absolute Gasteiger partial charge is 0.107 e. The van der Waals surface area contributed by atoms with Crippen molar-refractivity contribution >= 4 is 0 Å². The molecular weight excluding hydrogens is 179 g/mol. The summed E-state index contributed by atoms with van der Waals surface area (Å²) >= 11 is 0. The Hall–Kier alpha value is -0.150. The predicted molar refractivity (Wildman–Crippen MR) is 58.1 cm³/mol. The van der Waals surface area contributed by atoms with Gasteiger partial charge in [0.1, 0.15) is 6.67 Å². The Morgan fingerprint density at radius 3 is 2.43 bits per heavy atom. The molecule has 0 aliphatic carbocycles. The van der Waals surface area contributed by atoms with Crippen LogP contribution in [0.4, 0.5) is 4.39 Å². The third kappa shape index (κ3) is 2.92. The average Bonchev–Trinajstić information content (AvgIpc) is 2.27. The zero-order valence-corrected chi connectivity index (χ0v) is 9.65. The minimum Gasteiger partial charge on any atom is -0.323 e. The maximum atomic E-state index is 12.7. The van der Waals surface area contributed by atoms with Crippen molar-refractivity contribution in [1.82, 2.24) is 4.90 Å². The van der Waals surface area contributed by atoms with E-state index < -0.39 is 5.54 Å². The lowest BCUT2D eigenvalue weighted by Gasteiger charge is -2.35. The maximum Gasteiger partial charge on any atom is 0.107 e. The lowest BCUT2D eigenvalue weighted by Crippen LogP contribution is -2.45. The molecular formula is C11H23FN2. The molecule has 1 saturated heterocycles. The number of hydrogen-bond acceptors (Lipinski definition) is 2. The normalized spacial score (nSPS) is 31.5. The second-order valence-corrected chi connectivity index (χ2v) is 5.51. The molecule has 1 unspecified atom stereocenters. The Morgan fingerprint density at radius 2 is 1.93 bits per heavy atom. The van der Waals surface area contributed by atoms with Gasteiger partial charge in [-0.05, 0) is 46.6 Å². The first-order valence-corrected chi connectivity index (χ1v) is 5.47. The first-order valence-electron chi connectivity index (χ1n) is 5.47. The van der Waals surface area contributed by atoms with Crippen molar-refractivity contribution in [3.05, 3.63) is 0 Å². The molecule has 0 aromatic rings. The summed E-state index contributed by atoms with van der Waals surface area (Å²) in [5.41, 5.74) is 5.59. The maximum absolute atomic E-state index is 12.7. The van der Waals surface area contributed by atoms with Crippen LogP contribution in [0.5, 0.6) is 0 Å². The molecule has 1 aliphatic rings. The highest BCUT2D eigenvalue weighted by Crippen LogP contribution is 2.24. The fourth-order valence-electron chi connectivity index (χ4n) is 2.02. The van der Waals surface area contributed by atoms with E-state index in [1.807, 2.05) is 0 Å². The largest absolute Gasteiger partial charge is 0.323 e. The lowest BCUT2D eigenvalue weighted by molar-refractivity contribution is 0.138. The van der Waals surface area contributed by atoms with Gasteiger partial charge in [-0.15, -0.1) is 0 Å². The Balaban J connectivity index is 2.57. The third-order valence-electron chi connectivity index (χ3n) is 3.20. The monoisotopic (exact) mass is 202 g/mol. The molecule has 0 aromatic heterocycles. The van der Waals surface area contributed by atoms with Gasteiger partial charge in [0.05, 0.1) is 0 Å². The van der Waals surface area contributed by atoms with E-state index in [-0.39, 0.29) is 12.2 Å². The highest BCUT2D eigenvalue weighted by Gasteiger charge is 2.31. The van der Waals surface area contributed by atoms with E-state index in [1.165, 1.54) is 0 Å². The summed E-state index contributed by atoms with van der Waals surface area (Å²) in [6.07, 6.45) is 2.61. The van der Waals surface area contributed by atoms with E-state index in [4.69, 9.17) is 5.73 Å². The summed E-state index contributed by atoms with van der Waals surface area (Å²) in [5.74, 6) is 0. The van der Waals surface area contributed by atoms with Crippen molar-refractivity contribution in [3.63, 3.8) is 0 Å². The van der Waals surface area contributed by atoms with Gasteiger partial charge in [-0.1, -0.05) is 0 Å². The summed E-state index contributed by atoms with van der Waals surface area (Å²) in [6.45, 7) is 8.18. The lowest BCUT2D eigenvalue weighted by atomic mass is 9.93. The Morgan fingerprint density at radius 1 is 1.29 bits per heavy atom. The van der Waals surface area contributed by atoms with Crippen LogP contribution in [-0.4, -0.2) is 35.7 Å². The van der Waals surface area contributed by atoms with E-state index in [9.17, 15) is 4.39 Å². The molecule has 2 nitrogen and oxygen atoms in total. The number of hydrogen-bond donors (Lipinski definition) is 1. The summed E-state index contributed by atoms with van der Waals surface area (Å²) in [5, 5.41) is 0. The zero-order valence-electron chi connectivity index (χ0n) is 9.65. The number of rotatable bonds is 1. The molecule has 84 valence electrons. The van der Waals surface area contributed by atoms with E-state index in [0.29, 0.717) is 0 Å². The molecule has 14 heavy (non-hydrogen) atoms. The van der Waals surface area contributed by atoms with Gasteiger partial charge in [0.2, 0.25) is 0 Å². The van der Waals surface area contributed by atoms with Gasteiger partial charge in [0.15, 0.2) is 0 Å². The Kier molecular flexibility index (Phi) is 3.53. The number of nitrogens with zero attached hydrogens (tertiary/aromatic N) is 1. The van der Waals surface area contributed by atoms with E-state index in [1.54, 1.807) is 0 Å². The van der Waals surface area contributed by atoms with Crippen LogP contribution in [0.1, 0.15) is 40.0 Å². The number of halogens is 1. The summed E-state index contributed by atoms with van der Waals surface area (Å²) < 4.78 is 12.7. The molecule has 1 heterocycles. The van der Waals surface area contributed by atoms with Gasteiger partial charge >= 0.3 is 0 Å². The van der Waals surface area contributed by atoms with Gasteiger partial charge in [-0.2, -0.15) is 0 Å². The van der Waals surface area contributed by atoms with E-state index in [2.05, 4.69) is 25.7 Å². The van der Waals surface area contributed by atoms with Crippen LogP contribution < -0.4 is 5.73 Å². The van der Waals surface area contributed by atoms with Crippen molar-refractivity contribution < 1.29 is 4.39 Å². The number of likely N-dealkylation sites (tertiary alicyclic amines) is 1. The standard InChI is InChI=1S/C11H23FN2/c1-10(2,3)14-7-4-5-11(13,9-12)6-8-14/h4-9,13H2,1-3H3. The second kappa shape index (κ2) is 4.15. The second-order valence-electron chi connectivity index (χ2n) is 5.51. The average molecular weight is 202 g/mol. The highest BCUT2D eigenvalue weighted by molar-refractivity contribution is 4.90. The minimum absolute atomic E-state index is 0.182. The van der Waals surface area contributed by atoms with Gasteiger partial charge in [-0.3, -0.25) is 4.90 Å². The third-order valence-corrected chi connectivity index (χ3v) is 3.20. The molecule has 3 heteroatoms. The molecule has 0 radical (unpaired) electrons.